The highest BCUT2D eigenvalue weighted by molar-refractivity contribution is 5.75. The van der Waals surface area contributed by atoms with Crippen molar-refractivity contribution in [3.8, 4) is 0 Å². The lowest BCUT2D eigenvalue weighted by atomic mass is 10.2. The highest BCUT2D eigenvalue weighted by Gasteiger charge is 2.20. The highest BCUT2D eigenvalue weighted by Crippen LogP contribution is 2.03. The minimum Gasteiger partial charge on any atom is -0.481 e. The monoisotopic (exact) mass is 276 g/mol. The normalized spacial score (nSPS) is 11.9. The zero-order valence-electron chi connectivity index (χ0n) is 11.8. The molecule has 0 aromatic heterocycles. The predicted octanol–water partition coefficient (Wildman–Crippen LogP) is 0.544. The lowest BCUT2D eigenvalue weighted by Crippen LogP contribution is -2.46. The molecular weight excluding hydrogens is 252 g/mol. The molecule has 0 heterocycles. The molecule has 0 fully saturated rings. The molecule has 7 nitrogen and oxygen atoms in total. The fraction of sp³-hybridized carbons (Fsp3) is 0.833. The molecule has 0 aromatic rings. The number of amides is 2. The Bertz CT molecular complexity index is 273. The fourth-order valence-corrected chi connectivity index (χ4v) is 1.59. The molecule has 7 heteroatoms. The van der Waals surface area contributed by atoms with Gasteiger partial charge in [0, 0.05) is 26.2 Å². The number of hydrogen-bond donors (Lipinski definition) is 2. The van der Waals surface area contributed by atoms with Crippen LogP contribution in [0.1, 0.15) is 20.3 Å². The Labute approximate surface area is 113 Å². The van der Waals surface area contributed by atoms with Gasteiger partial charge in [-0.3, -0.25) is 4.79 Å². The predicted molar refractivity (Wildman–Crippen MR) is 70.2 cm³/mol. The third kappa shape index (κ3) is 8.39. The van der Waals surface area contributed by atoms with Gasteiger partial charge in [-0.25, -0.2) is 4.79 Å². The highest BCUT2D eigenvalue weighted by atomic mass is 16.5. The van der Waals surface area contributed by atoms with Crippen molar-refractivity contribution in [3.63, 3.8) is 0 Å². The van der Waals surface area contributed by atoms with E-state index in [0.717, 1.165) is 0 Å². The van der Waals surface area contributed by atoms with Crippen LogP contribution in [0.25, 0.3) is 0 Å². The Morgan fingerprint density at radius 2 is 2.00 bits per heavy atom. The van der Waals surface area contributed by atoms with Gasteiger partial charge in [0.15, 0.2) is 0 Å². The van der Waals surface area contributed by atoms with Crippen molar-refractivity contribution in [3.05, 3.63) is 0 Å². The van der Waals surface area contributed by atoms with Crippen LogP contribution in [0, 0.1) is 0 Å². The third-order valence-electron chi connectivity index (χ3n) is 2.56. The summed E-state index contributed by atoms with van der Waals surface area (Å²) in [5, 5.41) is 11.4. The maximum absolute atomic E-state index is 11.8. The van der Waals surface area contributed by atoms with Crippen molar-refractivity contribution < 1.29 is 24.2 Å². The number of nitrogens with one attached hydrogen (secondary N) is 1. The molecule has 2 N–H and O–H groups in total. The van der Waals surface area contributed by atoms with E-state index < -0.39 is 5.97 Å². The van der Waals surface area contributed by atoms with Gasteiger partial charge in [0.25, 0.3) is 0 Å². The lowest BCUT2D eigenvalue weighted by Gasteiger charge is -2.27. The van der Waals surface area contributed by atoms with Crippen LogP contribution in [0.15, 0.2) is 0 Å². The topological polar surface area (TPSA) is 88.1 Å². The number of nitrogens with zero attached hydrogens (tertiary/aromatic N) is 1. The number of rotatable bonds is 10. The number of methoxy groups -OCH3 is 1. The third-order valence-corrected chi connectivity index (χ3v) is 2.56. The van der Waals surface area contributed by atoms with Crippen LogP contribution < -0.4 is 5.32 Å². The SMILES string of the molecule is CCN(C(=O)NCCOCCOC)C(C)CC(=O)O. The molecule has 112 valence electrons. The van der Waals surface area contributed by atoms with Crippen LogP contribution >= 0.6 is 0 Å². The number of ether oxygens (including phenoxy) is 2. The molecule has 1 atom stereocenters. The van der Waals surface area contributed by atoms with E-state index in [-0.39, 0.29) is 18.5 Å². The van der Waals surface area contributed by atoms with Gasteiger partial charge >= 0.3 is 12.0 Å². The van der Waals surface area contributed by atoms with Crippen LogP contribution in [0.3, 0.4) is 0 Å². The van der Waals surface area contributed by atoms with Crippen molar-refractivity contribution >= 4 is 12.0 Å². The van der Waals surface area contributed by atoms with E-state index in [4.69, 9.17) is 14.6 Å². The first kappa shape index (κ1) is 17.7. The zero-order chi connectivity index (χ0) is 14.7. The number of carbonyl (C=O) groups is 2. The zero-order valence-corrected chi connectivity index (χ0v) is 11.8. The first-order valence-electron chi connectivity index (χ1n) is 6.35. The number of carboxylic acids is 1. The summed E-state index contributed by atoms with van der Waals surface area (Å²) in [5.74, 6) is -0.915. The molecular formula is C12H24N2O5. The van der Waals surface area contributed by atoms with Crippen molar-refractivity contribution in [1.82, 2.24) is 10.2 Å². The summed E-state index contributed by atoms with van der Waals surface area (Å²) in [5.41, 5.74) is 0. The van der Waals surface area contributed by atoms with Crippen molar-refractivity contribution in [2.45, 2.75) is 26.3 Å². The molecule has 0 spiro atoms. The van der Waals surface area contributed by atoms with E-state index >= 15 is 0 Å². The number of carbonyl (C=O) groups excluding carboxylic acids is 1. The summed E-state index contributed by atoms with van der Waals surface area (Å²) in [7, 11) is 1.59. The van der Waals surface area contributed by atoms with Crippen molar-refractivity contribution in [2.75, 3.05) is 40.0 Å². The van der Waals surface area contributed by atoms with Crippen LogP contribution in [0.5, 0.6) is 0 Å². The first-order valence-corrected chi connectivity index (χ1v) is 6.35. The largest absolute Gasteiger partial charge is 0.481 e. The quantitative estimate of drug-likeness (QED) is 0.569. The molecule has 0 aliphatic carbocycles. The fourth-order valence-electron chi connectivity index (χ4n) is 1.59. The maximum Gasteiger partial charge on any atom is 0.317 e. The van der Waals surface area contributed by atoms with E-state index in [1.165, 1.54) is 4.90 Å². The summed E-state index contributed by atoms with van der Waals surface area (Å²) in [6.45, 7) is 5.78. The first-order chi connectivity index (χ1) is 9.02. The van der Waals surface area contributed by atoms with E-state index in [2.05, 4.69) is 5.32 Å². The van der Waals surface area contributed by atoms with Crippen LogP contribution in [-0.4, -0.2) is 68.1 Å². The summed E-state index contributed by atoms with van der Waals surface area (Å²) in [6, 6.07) is -0.608. The Morgan fingerprint density at radius 1 is 1.32 bits per heavy atom. The summed E-state index contributed by atoms with van der Waals surface area (Å²) in [4.78, 5) is 23.9. The van der Waals surface area contributed by atoms with Gasteiger partial charge in [-0.05, 0) is 13.8 Å². The molecule has 1 unspecified atom stereocenters. The molecule has 0 aromatic carbocycles. The van der Waals surface area contributed by atoms with Crippen molar-refractivity contribution in [2.24, 2.45) is 0 Å². The Hall–Kier alpha value is -1.34. The second kappa shape index (κ2) is 10.6. The van der Waals surface area contributed by atoms with Gasteiger partial charge in [0.1, 0.15) is 0 Å². The van der Waals surface area contributed by atoms with Gasteiger partial charge in [0.05, 0.1) is 26.2 Å². The summed E-state index contributed by atoms with van der Waals surface area (Å²) >= 11 is 0. The van der Waals surface area contributed by atoms with E-state index in [0.29, 0.717) is 32.9 Å². The minimum absolute atomic E-state index is 0.0639. The molecule has 19 heavy (non-hydrogen) atoms. The standard InChI is InChI=1S/C12H24N2O5/c1-4-14(10(2)9-11(15)16)12(17)13-5-6-19-8-7-18-3/h10H,4-9H2,1-3H3,(H,13,17)(H,15,16). The molecule has 2 amide bonds. The second-order valence-corrected chi connectivity index (χ2v) is 4.07. The molecule has 0 rings (SSSR count). The van der Waals surface area contributed by atoms with Crippen LogP contribution in [-0.2, 0) is 14.3 Å². The number of carboxylic acid groups (broad SMARTS) is 1. The van der Waals surface area contributed by atoms with E-state index in [1.54, 1.807) is 14.0 Å². The average molecular weight is 276 g/mol. The van der Waals surface area contributed by atoms with Crippen molar-refractivity contribution in [1.29, 1.82) is 0 Å². The van der Waals surface area contributed by atoms with Gasteiger partial charge in [-0.15, -0.1) is 0 Å². The van der Waals surface area contributed by atoms with Gasteiger partial charge in [0.2, 0.25) is 0 Å². The second-order valence-electron chi connectivity index (χ2n) is 4.07. The Balaban J connectivity index is 3.91. The molecule has 0 radical (unpaired) electrons. The Kier molecular flexibility index (Phi) is 9.82. The maximum atomic E-state index is 11.8. The van der Waals surface area contributed by atoms with Gasteiger partial charge in [-0.1, -0.05) is 0 Å². The molecule has 0 saturated heterocycles. The van der Waals surface area contributed by atoms with E-state index in [1.807, 2.05) is 6.92 Å². The molecule has 0 aliphatic heterocycles. The van der Waals surface area contributed by atoms with E-state index in [9.17, 15) is 9.59 Å². The number of hydrogen-bond acceptors (Lipinski definition) is 4. The number of aliphatic carboxylic acids is 1. The van der Waals surface area contributed by atoms with Gasteiger partial charge < -0.3 is 24.8 Å². The molecule has 0 aliphatic rings. The number of urea groups is 1. The molecule has 0 saturated carbocycles. The minimum atomic E-state index is -0.915. The molecule has 0 bridgehead atoms. The average Bonchev–Trinajstić information content (AvgIpc) is 2.33. The smallest absolute Gasteiger partial charge is 0.317 e. The Morgan fingerprint density at radius 3 is 2.53 bits per heavy atom. The lowest BCUT2D eigenvalue weighted by molar-refractivity contribution is -0.138. The van der Waals surface area contributed by atoms with Gasteiger partial charge in [-0.2, -0.15) is 0 Å². The van der Waals surface area contributed by atoms with Crippen LogP contribution in [0.2, 0.25) is 0 Å². The van der Waals surface area contributed by atoms with Crippen LogP contribution in [0.4, 0.5) is 4.79 Å². The summed E-state index contributed by atoms with van der Waals surface area (Å²) in [6.07, 6.45) is -0.0639. The summed E-state index contributed by atoms with van der Waals surface area (Å²) < 4.78 is 10.0.